The summed E-state index contributed by atoms with van der Waals surface area (Å²) in [6.07, 6.45) is 15.9. The number of rotatable bonds is 9. The standard InChI is InChI=1S/3C7H7NO2.3C6H6N2O2.Mo/c3*8-6-4-2-1-3-5(6)7(9)10;3*9-6(10)2-1-5-3-7-4-8-5;/h3*1-4H,8H2,(H,9,10);3*1-4H,(H,7,8)(H,9,10);/p-6. The fourth-order valence-electron chi connectivity index (χ4n) is 3.60. The molecule has 0 radical (unpaired) electrons. The summed E-state index contributed by atoms with van der Waals surface area (Å²) in [6.45, 7) is 0. The molecule has 0 atom stereocenters. The number of nitrogens with two attached hydrogens (primary N) is 3. The van der Waals surface area contributed by atoms with Gasteiger partial charge in [-0.1, -0.05) is 54.6 Å². The Bertz CT molecular complexity index is 2090. The number of imidazole rings is 3. The Labute approximate surface area is 359 Å². The number of carbonyl (C=O) groups is 6. The number of anilines is 3. The predicted molar refractivity (Wildman–Crippen MR) is 203 cm³/mol. The van der Waals surface area contributed by atoms with Gasteiger partial charge in [-0.15, -0.1) is 0 Å². The molecule has 3 aromatic heterocycles. The first-order chi connectivity index (χ1) is 28.5. The number of carboxylic acids is 6. The molecule has 9 N–H and O–H groups in total. The largest absolute Gasteiger partial charge is 0.545 e. The number of aromatic carboxylic acids is 3. The molecule has 6 rings (SSSR count). The molecule has 0 unspecified atom stereocenters. The number of benzene rings is 3. The van der Waals surface area contributed by atoms with Crippen LogP contribution in [-0.2, 0) is 35.4 Å². The zero-order chi connectivity index (χ0) is 44.9. The number of nitrogens with one attached hydrogen (secondary N) is 3. The predicted octanol–water partition coefficient (Wildman–Crippen LogP) is -3.59. The maximum atomic E-state index is 10.2. The normalized spacial score (nSPS) is 9.64. The summed E-state index contributed by atoms with van der Waals surface area (Å²) in [5, 5.41) is 60.3. The van der Waals surface area contributed by atoms with Crippen molar-refractivity contribution in [2.45, 2.75) is 0 Å². The van der Waals surface area contributed by atoms with Gasteiger partial charge < -0.3 is 91.6 Å². The third-order valence-electron chi connectivity index (χ3n) is 6.30. The first-order valence-electron chi connectivity index (χ1n) is 16.3. The van der Waals surface area contributed by atoms with Gasteiger partial charge in [0.2, 0.25) is 0 Å². The van der Waals surface area contributed by atoms with Crippen molar-refractivity contribution in [3.05, 3.63) is 162 Å². The number of carbonyl (C=O) groups excluding carboxylic acids is 6. The SMILES string of the molecule is Nc1ccccc1C(=O)[O-].Nc1ccccc1C(=O)[O-].Nc1ccccc1C(=O)[O-].O=C([O-])C=Cc1cnc[nH]1.O=C([O-])C=Cc1cnc[nH]1.O=C([O-])C=Cc1cnc[nH]1.[Mo]. The molecule has 0 saturated heterocycles. The van der Waals surface area contributed by atoms with Gasteiger partial charge >= 0.3 is 0 Å². The molecule has 0 fully saturated rings. The van der Waals surface area contributed by atoms with Crippen LogP contribution in [0.4, 0.5) is 17.1 Å². The van der Waals surface area contributed by atoms with Crippen molar-refractivity contribution in [3.8, 4) is 0 Å². The molecule has 61 heavy (non-hydrogen) atoms. The number of hydrogen-bond donors (Lipinski definition) is 6. The van der Waals surface area contributed by atoms with Gasteiger partial charge in [0.15, 0.2) is 0 Å². The number of aromatic amines is 3. The van der Waals surface area contributed by atoms with Crippen molar-refractivity contribution in [2.75, 3.05) is 17.2 Å². The van der Waals surface area contributed by atoms with Gasteiger partial charge in [-0.25, -0.2) is 15.0 Å². The third-order valence-corrected chi connectivity index (χ3v) is 6.30. The van der Waals surface area contributed by atoms with Crippen LogP contribution in [0.25, 0.3) is 18.2 Å². The quantitative estimate of drug-likeness (QED) is 0.0464. The second-order valence-corrected chi connectivity index (χ2v) is 10.6. The van der Waals surface area contributed by atoms with Crippen LogP contribution in [0.3, 0.4) is 0 Å². The van der Waals surface area contributed by atoms with E-state index in [2.05, 4.69) is 29.9 Å². The van der Waals surface area contributed by atoms with Crippen LogP contribution in [0.1, 0.15) is 48.2 Å². The van der Waals surface area contributed by atoms with E-state index in [0.717, 1.165) is 18.2 Å². The second kappa shape index (κ2) is 29.6. The molecule has 0 saturated carbocycles. The summed E-state index contributed by atoms with van der Waals surface area (Å²) >= 11 is 0. The maximum absolute atomic E-state index is 10.2. The number of hydrogen-bond acceptors (Lipinski definition) is 18. The van der Waals surface area contributed by atoms with E-state index in [9.17, 15) is 59.4 Å². The molecule has 21 nitrogen and oxygen atoms in total. The number of para-hydroxylation sites is 3. The number of H-pyrrole nitrogens is 3. The van der Waals surface area contributed by atoms with Crippen LogP contribution in [0.15, 0.2) is 129 Å². The van der Waals surface area contributed by atoms with E-state index in [1.54, 1.807) is 36.4 Å². The molecule has 22 heteroatoms. The number of nitrogen functional groups attached to an aromatic ring is 3. The smallest absolute Gasteiger partial charge is 0.0924 e. The molecule has 318 valence electrons. The number of carboxylic acid groups (broad SMARTS) is 6. The van der Waals surface area contributed by atoms with E-state index < -0.39 is 35.8 Å². The van der Waals surface area contributed by atoms with E-state index in [0.29, 0.717) is 17.1 Å². The third kappa shape index (κ3) is 23.9. The molecular formula is C39H33MoN9O12-6. The Balaban J connectivity index is 0.000000706. The molecule has 0 spiro atoms. The molecule has 0 amide bonds. The van der Waals surface area contributed by atoms with Gasteiger partial charge in [0.25, 0.3) is 0 Å². The van der Waals surface area contributed by atoms with Crippen molar-refractivity contribution in [1.29, 1.82) is 0 Å². The van der Waals surface area contributed by atoms with Crippen LogP contribution < -0.4 is 47.8 Å². The minimum atomic E-state index is -1.24. The molecular weight excluding hydrogens is 882 g/mol. The summed E-state index contributed by atoms with van der Waals surface area (Å²) in [5.41, 5.74) is 18.7. The summed E-state index contributed by atoms with van der Waals surface area (Å²) in [5.74, 6) is -7.35. The number of nitrogens with zero attached hydrogens (tertiary/aromatic N) is 3. The molecule has 3 aromatic carbocycles. The summed E-state index contributed by atoms with van der Waals surface area (Å²) < 4.78 is 0. The first kappa shape index (κ1) is 52.4. The Hall–Kier alpha value is -8.58. The molecule has 0 aliphatic carbocycles. The summed E-state index contributed by atoms with van der Waals surface area (Å²) in [6, 6.07) is 18.6. The van der Waals surface area contributed by atoms with Crippen LogP contribution in [0, 0.1) is 0 Å². The summed E-state index contributed by atoms with van der Waals surface area (Å²) in [7, 11) is 0. The Kier molecular flexibility index (Phi) is 25.5. The zero-order valence-electron chi connectivity index (χ0n) is 31.2. The number of aliphatic carboxylic acids is 3. The van der Waals surface area contributed by atoms with Crippen molar-refractivity contribution in [2.24, 2.45) is 0 Å². The molecule has 0 aliphatic heterocycles. The van der Waals surface area contributed by atoms with Crippen molar-refractivity contribution >= 4 is 71.1 Å². The van der Waals surface area contributed by atoms with E-state index in [1.165, 1.54) is 92.2 Å². The van der Waals surface area contributed by atoms with Crippen LogP contribution in [-0.4, -0.2) is 65.7 Å². The zero-order valence-corrected chi connectivity index (χ0v) is 33.2. The molecule has 6 aromatic rings. The van der Waals surface area contributed by atoms with Crippen LogP contribution in [0.2, 0.25) is 0 Å². The van der Waals surface area contributed by atoms with Gasteiger partial charge in [0.1, 0.15) is 0 Å². The first-order valence-corrected chi connectivity index (χ1v) is 16.3. The van der Waals surface area contributed by atoms with Gasteiger partial charge in [-0.2, -0.15) is 0 Å². The van der Waals surface area contributed by atoms with Gasteiger partial charge in [0, 0.05) is 54.8 Å². The number of aromatic nitrogens is 6. The van der Waals surface area contributed by atoms with Crippen LogP contribution in [0.5, 0.6) is 0 Å². The Morgan fingerprint density at radius 1 is 0.426 bits per heavy atom. The molecule has 3 heterocycles. The van der Waals surface area contributed by atoms with E-state index in [4.69, 9.17) is 17.2 Å². The minimum absolute atomic E-state index is 0. The topological polar surface area (TPSA) is 405 Å². The van der Waals surface area contributed by atoms with E-state index in [1.807, 2.05) is 0 Å². The van der Waals surface area contributed by atoms with Crippen molar-refractivity contribution in [3.63, 3.8) is 0 Å². The van der Waals surface area contributed by atoms with E-state index >= 15 is 0 Å². The van der Waals surface area contributed by atoms with Crippen LogP contribution >= 0.6 is 0 Å². The maximum Gasteiger partial charge on any atom is 0.0924 e. The average molecular weight is 916 g/mol. The monoisotopic (exact) mass is 917 g/mol. The van der Waals surface area contributed by atoms with E-state index in [-0.39, 0.29) is 54.8 Å². The molecule has 0 aliphatic rings. The Morgan fingerprint density at radius 2 is 0.656 bits per heavy atom. The van der Waals surface area contributed by atoms with Gasteiger partial charge in [-0.05, 0) is 54.7 Å². The van der Waals surface area contributed by atoms with Crippen molar-refractivity contribution < 1.29 is 80.5 Å². The molecule has 0 bridgehead atoms. The second-order valence-electron chi connectivity index (χ2n) is 10.6. The minimum Gasteiger partial charge on any atom is -0.545 e. The average Bonchev–Trinajstić information content (AvgIpc) is 4.03. The summed E-state index contributed by atoms with van der Waals surface area (Å²) in [4.78, 5) is 79.4. The fraction of sp³-hybridized carbons (Fsp3) is 0. The Morgan fingerprint density at radius 3 is 0.803 bits per heavy atom. The fourth-order valence-corrected chi connectivity index (χ4v) is 3.60. The van der Waals surface area contributed by atoms with Gasteiger partial charge in [0.05, 0.1) is 90.5 Å². The van der Waals surface area contributed by atoms with Crippen molar-refractivity contribution in [1.82, 2.24) is 29.9 Å². The van der Waals surface area contributed by atoms with Gasteiger partial charge in [-0.3, -0.25) is 0 Å².